The molecule has 7 nitrogen and oxygen atoms in total. The van der Waals surface area contributed by atoms with E-state index in [1.54, 1.807) is 32.0 Å². The molecule has 2 N–H and O–H groups in total. The summed E-state index contributed by atoms with van der Waals surface area (Å²) >= 11 is 1.33. The molecule has 0 aliphatic heterocycles. The van der Waals surface area contributed by atoms with Crippen LogP contribution >= 0.6 is 11.3 Å². The van der Waals surface area contributed by atoms with Gasteiger partial charge in [0.15, 0.2) is 0 Å². The number of ether oxygens (including phenoxy) is 1. The van der Waals surface area contributed by atoms with Gasteiger partial charge in [0.1, 0.15) is 17.2 Å². The summed E-state index contributed by atoms with van der Waals surface area (Å²) < 4.78 is 10.8. The highest BCUT2D eigenvalue weighted by molar-refractivity contribution is 7.20. The average Bonchev–Trinajstić information content (AvgIpc) is 3.31. The summed E-state index contributed by atoms with van der Waals surface area (Å²) in [5.74, 6) is -1.11. The fourth-order valence-corrected chi connectivity index (χ4v) is 3.35. The van der Waals surface area contributed by atoms with Gasteiger partial charge in [-0.1, -0.05) is 0 Å². The van der Waals surface area contributed by atoms with E-state index in [0.29, 0.717) is 22.7 Å². The quantitative estimate of drug-likeness (QED) is 0.633. The lowest BCUT2D eigenvalue weighted by Gasteiger charge is -2.13. The predicted octanol–water partition coefficient (Wildman–Crippen LogP) is 3.43. The second-order valence-electron chi connectivity index (χ2n) is 5.78. The van der Waals surface area contributed by atoms with Crippen LogP contribution in [-0.4, -0.2) is 30.4 Å². The third-order valence-corrected chi connectivity index (χ3v) is 4.88. The standard InChI is InChI=1S/C19H18N2O5S/c1-3-26-19(24)16-9-13-8-14(4-5-15(13)27-16)21-17(22)11(2)20-18(23)12-6-7-25-10-12/h4-11H,3H2,1-2H3,(H,20,23)(H,21,22). The maximum atomic E-state index is 12.3. The Balaban J connectivity index is 1.67. The Morgan fingerprint density at radius 3 is 2.74 bits per heavy atom. The number of carbonyl (C=O) groups is 3. The van der Waals surface area contributed by atoms with Gasteiger partial charge in [-0.3, -0.25) is 9.59 Å². The number of esters is 1. The van der Waals surface area contributed by atoms with Crippen LogP contribution < -0.4 is 10.6 Å². The summed E-state index contributed by atoms with van der Waals surface area (Å²) in [4.78, 5) is 36.7. The molecule has 27 heavy (non-hydrogen) atoms. The monoisotopic (exact) mass is 386 g/mol. The fourth-order valence-electron chi connectivity index (χ4n) is 2.41. The van der Waals surface area contributed by atoms with E-state index in [1.807, 2.05) is 6.07 Å². The molecule has 2 aromatic heterocycles. The molecule has 2 amide bonds. The lowest BCUT2D eigenvalue weighted by atomic mass is 10.2. The van der Waals surface area contributed by atoms with E-state index in [9.17, 15) is 14.4 Å². The van der Waals surface area contributed by atoms with E-state index < -0.39 is 11.9 Å². The van der Waals surface area contributed by atoms with E-state index in [0.717, 1.165) is 10.1 Å². The Kier molecular flexibility index (Phi) is 5.56. The van der Waals surface area contributed by atoms with Crippen LogP contribution in [0.15, 0.2) is 47.3 Å². The molecular weight excluding hydrogens is 368 g/mol. The highest BCUT2D eigenvalue weighted by Crippen LogP contribution is 2.28. The van der Waals surface area contributed by atoms with Gasteiger partial charge in [0, 0.05) is 10.4 Å². The number of carbonyl (C=O) groups excluding carboxylic acids is 3. The summed E-state index contributed by atoms with van der Waals surface area (Å²) in [5.41, 5.74) is 0.922. The summed E-state index contributed by atoms with van der Waals surface area (Å²) in [6.07, 6.45) is 2.70. The minimum Gasteiger partial charge on any atom is -0.472 e. The Bertz CT molecular complexity index is 977. The molecule has 3 rings (SSSR count). The van der Waals surface area contributed by atoms with Crippen LogP contribution in [0.1, 0.15) is 33.9 Å². The molecule has 0 saturated heterocycles. The van der Waals surface area contributed by atoms with Gasteiger partial charge in [-0.15, -0.1) is 11.3 Å². The Morgan fingerprint density at radius 1 is 1.22 bits per heavy atom. The summed E-state index contributed by atoms with van der Waals surface area (Å²) in [6.45, 7) is 3.66. The van der Waals surface area contributed by atoms with Crippen LogP contribution in [0.2, 0.25) is 0 Å². The first-order valence-electron chi connectivity index (χ1n) is 8.32. The van der Waals surface area contributed by atoms with Gasteiger partial charge in [0.25, 0.3) is 5.91 Å². The van der Waals surface area contributed by atoms with Crippen molar-refractivity contribution in [3.63, 3.8) is 0 Å². The minimum atomic E-state index is -0.735. The van der Waals surface area contributed by atoms with E-state index in [-0.39, 0.29) is 11.9 Å². The molecule has 8 heteroatoms. The fraction of sp³-hybridized carbons (Fsp3) is 0.211. The lowest BCUT2D eigenvalue weighted by molar-refractivity contribution is -0.117. The largest absolute Gasteiger partial charge is 0.472 e. The van der Waals surface area contributed by atoms with Gasteiger partial charge in [0.2, 0.25) is 5.91 Å². The highest BCUT2D eigenvalue weighted by atomic mass is 32.1. The molecule has 1 aromatic carbocycles. The van der Waals surface area contributed by atoms with Crippen molar-refractivity contribution < 1.29 is 23.5 Å². The van der Waals surface area contributed by atoms with E-state index in [1.165, 1.54) is 29.9 Å². The number of hydrogen-bond acceptors (Lipinski definition) is 6. The van der Waals surface area contributed by atoms with Crippen molar-refractivity contribution in [3.05, 3.63) is 53.3 Å². The number of anilines is 1. The molecule has 1 atom stereocenters. The van der Waals surface area contributed by atoms with Crippen molar-refractivity contribution in [2.75, 3.05) is 11.9 Å². The third kappa shape index (κ3) is 4.35. The van der Waals surface area contributed by atoms with Crippen molar-refractivity contribution in [1.82, 2.24) is 5.32 Å². The highest BCUT2D eigenvalue weighted by Gasteiger charge is 2.18. The SMILES string of the molecule is CCOC(=O)c1cc2cc(NC(=O)C(C)NC(=O)c3ccoc3)ccc2s1. The first kappa shape index (κ1) is 18.7. The first-order chi connectivity index (χ1) is 13.0. The first-order valence-corrected chi connectivity index (χ1v) is 9.14. The summed E-state index contributed by atoms with van der Waals surface area (Å²) in [5, 5.41) is 6.19. The molecule has 0 bridgehead atoms. The Hall–Kier alpha value is -3.13. The van der Waals surface area contributed by atoms with Gasteiger partial charge in [-0.05, 0) is 49.6 Å². The van der Waals surface area contributed by atoms with Gasteiger partial charge in [-0.25, -0.2) is 4.79 Å². The second kappa shape index (κ2) is 8.05. The van der Waals surface area contributed by atoms with E-state index in [2.05, 4.69) is 10.6 Å². The predicted molar refractivity (Wildman–Crippen MR) is 102 cm³/mol. The van der Waals surface area contributed by atoms with Crippen LogP contribution in [0, 0.1) is 0 Å². The third-order valence-electron chi connectivity index (χ3n) is 3.78. The van der Waals surface area contributed by atoms with Crippen molar-refractivity contribution in [2.45, 2.75) is 19.9 Å². The Labute approximate surface area is 159 Å². The van der Waals surface area contributed by atoms with Gasteiger partial charge >= 0.3 is 5.97 Å². The Morgan fingerprint density at radius 2 is 2.04 bits per heavy atom. The lowest BCUT2D eigenvalue weighted by Crippen LogP contribution is -2.41. The molecule has 0 fully saturated rings. The summed E-state index contributed by atoms with van der Waals surface area (Å²) in [7, 11) is 0. The molecule has 0 aliphatic rings. The van der Waals surface area contributed by atoms with Crippen molar-refractivity contribution >= 4 is 44.9 Å². The molecule has 0 radical (unpaired) electrons. The number of benzene rings is 1. The molecule has 3 aromatic rings. The van der Waals surface area contributed by atoms with E-state index >= 15 is 0 Å². The number of furan rings is 1. The number of fused-ring (bicyclic) bond motifs is 1. The van der Waals surface area contributed by atoms with Crippen molar-refractivity contribution in [2.24, 2.45) is 0 Å². The van der Waals surface area contributed by atoms with Crippen LogP contribution in [0.25, 0.3) is 10.1 Å². The number of thiophene rings is 1. The number of nitrogens with one attached hydrogen (secondary N) is 2. The topological polar surface area (TPSA) is 97.6 Å². The van der Waals surface area contributed by atoms with Crippen LogP contribution in [-0.2, 0) is 9.53 Å². The zero-order valence-corrected chi connectivity index (χ0v) is 15.6. The molecule has 2 heterocycles. The molecule has 0 spiro atoms. The average molecular weight is 386 g/mol. The second-order valence-corrected chi connectivity index (χ2v) is 6.86. The van der Waals surface area contributed by atoms with Gasteiger partial charge < -0.3 is 19.8 Å². The zero-order chi connectivity index (χ0) is 19.4. The minimum absolute atomic E-state index is 0.316. The van der Waals surface area contributed by atoms with Crippen molar-refractivity contribution in [3.8, 4) is 0 Å². The van der Waals surface area contributed by atoms with Crippen LogP contribution in [0.4, 0.5) is 5.69 Å². The summed E-state index contributed by atoms with van der Waals surface area (Å²) in [6, 6.07) is 7.87. The number of hydrogen-bond donors (Lipinski definition) is 2. The van der Waals surface area contributed by atoms with Crippen LogP contribution in [0.3, 0.4) is 0 Å². The zero-order valence-electron chi connectivity index (χ0n) is 14.8. The molecule has 0 aliphatic carbocycles. The van der Waals surface area contributed by atoms with Crippen LogP contribution in [0.5, 0.6) is 0 Å². The van der Waals surface area contributed by atoms with Crippen molar-refractivity contribution in [1.29, 1.82) is 0 Å². The number of amides is 2. The molecule has 0 saturated carbocycles. The maximum Gasteiger partial charge on any atom is 0.348 e. The van der Waals surface area contributed by atoms with Gasteiger partial charge in [-0.2, -0.15) is 0 Å². The normalized spacial score (nSPS) is 11.8. The molecule has 140 valence electrons. The molecular formula is C19H18N2O5S. The van der Waals surface area contributed by atoms with Gasteiger partial charge in [0.05, 0.1) is 18.4 Å². The maximum absolute atomic E-state index is 12.3. The smallest absolute Gasteiger partial charge is 0.348 e. The van der Waals surface area contributed by atoms with E-state index in [4.69, 9.17) is 9.15 Å². The molecule has 1 unspecified atom stereocenters. The number of rotatable bonds is 6.